The van der Waals surface area contributed by atoms with Crippen molar-refractivity contribution >= 4 is 12.0 Å². The van der Waals surface area contributed by atoms with Crippen LogP contribution < -0.4 is 5.56 Å². The van der Waals surface area contributed by atoms with Crippen molar-refractivity contribution in [1.29, 1.82) is 0 Å². The Labute approximate surface area is 63.0 Å². The van der Waals surface area contributed by atoms with Gasteiger partial charge in [-0.05, 0) is 0 Å². The lowest BCUT2D eigenvalue weighted by atomic mass is 10.1. The fraction of sp³-hybridized carbons (Fsp3) is 0.286. The molecule has 0 aliphatic carbocycles. The molecule has 2 rings (SSSR count). The van der Waals surface area contributed by atoms with E-state index in [2.05, 4.69) is 15.0 Å². The molecule has 4 heteroatoms. The zero-order valence-corrected chi connectivity index (χ0v) is 6.03. The third-order valence-corrected chi connectivity index (χ3v) is 1.74. The first kappa shape index (κ1) is 6.27. The molecule has 1 N–H and O–H groups in total. The van der Waals surface area contributed by atoms with E-state index in [1.54, 1.807) is 6.21 Å². The van der Waals surface area contributed by atoms with Gasteiger partial charge in [0.05, 0.1) is 11.9 Å². The Balaban J connectivity index is 2.75. The van der Waals surface area contributed by atoms with Crippen molar-refractivity contribution in [2.24, 2.45) is 4.99 Å². The first-order chi connectivity index (χ1) is 5.29. The highest BCUT2D eigenvalue weighted by Crippen LogP contribution is 2.24. The number of H-pyrrole nitrogens is 1. The summed E-state index contributed by atoms with van der Waals surface area (Å²) in [5.41, 5.74) is 0.590. The Kier molecular flexibility index (Phi) is 1.15. The second-order valence-corrected chi connectivity index (χ2v) is 2.54. The summed E-state index contributed by atoms with van der Waals surface area (Å²) in [5, 5.41) is 0. The predicted octanol–water partition coefficient (Wildman–Crippen LogP) is 0.589. The molecule has 0 saturated heterocycles. The summed E-state index contributed by atoms with van der Waals surface area (Å²) in [7, 11) is 0. The summed E-state index contributed by atoms with van der Waals surface area (Å²) < 4.78 is 0. The molecule has 1 atom stereocenters. The molecule has 0 saturated carbocycles. The first-order valence-corrected chi connectivity index (χ1v) is 3.41. The second kappa shape index (κ2) is 2.02. The normalized spacial score (nSPS) is 20.3. The molecule has 0 spiro atoms. The molecular weight excluding hydrogens is 142 g/mol. The lowest BCUT2D eigenvalue weighted by molar-refractivity contribution is 0.988. The molecule has 1 aliphatic rings. The van der Waals surface area contributed by atoms with Crippen molar-refractivity contribution in [2.75, 3.05) is 0 Å². The van der Waals surface area contributed by atoms with E-state index >= 15 is 0 Å². The van der Waals surface area contributed by atoms with Crippen LogP contribution in [0.4, 0.5) is 5.82 Å². The monoisotopic (exact) mass is 149 g/mol. The van der Waals surface area contributed by atoms with Gasteiger partial charge in [-0.15, -0.1) is 0 Å². The number of nitrogens with zero attached hydrogens (tertiary/aromatic N) is 2. The van der Waals surface area contributed by atoms with E-state index in [0.29, 0.717) is 11.4 Å². The van der Waals surface area contributed by atoms with Gasteiger partial charge in [-0.1, -0.05) is 6.92 Å². The summed E-state index contributed by atoms with van der Waals surface area (Å²) in [6.45, 7) is 1.92. The molecule has 0 radical (unpaired) electrons. The van der Waals surface area contributed by atoms with Gasteiger partial charge < -0.3 is 4.98 Å². The van der Waals surface area contributed by atoms with Crippen LogP contribution in [0.1, 0.15) is 18.4 Å². The predicted molar refractivity (Wildman–Crippen MR) is 41.4 cm³/mol. The highest BCUT2D eigenvalue weighted by atomic mass is 16.1. The maximum atomic E-state index is 11.1. The van der Waals surface area contributed by atoms with Gasteiger partial charge in [-0.2, -0.15) is 0 Å². The van der Waals surface area contributed by atoms with Gasteiger partial charge in [-0.25, -0.2) is 9.98 Å². The van der Waals surface area contributed by atoms with Gasteiger partial charge in [-0.3, -0.25) is 4.79 Å². The average Bonchev–Trinajstić information content (AvgIpc) is 2.34. The first-order valence-electron chi connectivity index (χ1n) is 3.41. The Morgan fingerprint density at radius 2 is 2.45 bits per heavy atom. The Morgan fingerprint density at radius 3 is 3.18 bits per heavy atom. The van der Waals surface area contributed by atoms with E-state index in [1.807, 2.05) is 6.92 Å². The Hall–Kier alpha value is -1.45. The molecule has 1 aromatic rings. The lowest BCUT2D eigenvalue weighted by Crippen LogP contribution is -2.13. The molecule has 2 heterocycles. The highest BCUT2D eigenvalue weighted by Gasteiger charge is 2.18. The minimum Gasteiger partial charge on any atom is -0.313 e. The van der Waals surface area contributed by atoms with Crippen LogP contribution in [0.25, 0.3) is 0 Å². The standard InChI is InChI=1S/C7H7N3O/c1-4-2-8-6-5(4)7(11)10-3-9-6/h2-4H,1H3,(H,9,10,11). The fourth-order valence-electron chi connectivity index (χ4n) is 1.17. The maximum absolute atomic E-state index is 11.1. The molecule has 4 nitrogen and oxygen atoms in total. The van der Waals surface area contributed by atoms with Crippen molar-refractivity contribution in [3.8, 4) is 0 Å². The molecular formula is C7H7N3O. The van der Waals surface area contributed by atoms with Crippen molar-refractivity contribution < 1.29 is 0 Å². The fourth-order valence-corrected chi connectivity index (χ4v) is 1.17. The van der Waals surface area contributed by atoms with E-state index in [-0.39, 0.29) is 11.5 Å². The van der Waals surface area contributed by atoms with Gasteiger partial charge in [0.15, 0.2) is 5.82 Å². The van der Waals surface area contributed by atoms with Gasteiger partial charge in [0.25, 0.3) is 5.56 Å². The van der Waals surface area contributed by atoms with Crippen LogP contribution >= 0.6 is 0 Å². The Bertz CT molecular complexity index is 366. The van der Waals surface area contributed by atoms with Crippen LogP contribution in [-0.2, 0) is 0 Å². The summed E-state index contributed by atoms with van der Waals surface area (Å²) in [6, 6.07) is 0. The highest BCUT2D eigenvalue weighted by molar-refractivity contribution is 5.77. The third kappa shape index (κ3) is 0.790. The number of fused-ring (bicyclic) bond motifs is 1. The van der Waals surface area contributed by atoms with Crippen molar-refractivity contribution in [1.82, 2.24) is 9.97 Å². The van der Waals surface area contributed by atoms with Crippen LogP contribution in [0.5, 0.6) is 0 Å². The quantitative estimate of drug-likeness (QED) is 0.586. The molecule has 11 heavy (non-hydrogen) atoms. The van der Waals surface area contributed by atoms with E-state index < -0.39 is 0 Å². The van der Waals surface area contributed by atoms with Gasteiger partial charge in [0, 0.05) is 12.1 Å². The smallest absolute Gasteiger partial charge is 0.256 e. The zero-order valence-electron chi connectivity index (χ0n) is 6.03. The summed E-state index contributed by atoms with van der Waals surface area (Å²) in [5.74, 6) is 0.656. The van der Waals surface area contributed by atoms with Crippen molar-refractivity contribution in [3.63, 3.8) is 0 Å². The maximum Gasteiger partial charge on any atom is 0.256 e. The zero-order chi connectivity index (χ0) is 7.84. The average molecular weight is 149 g/mol. The molecule has 0 fully saturated rings. The van der Waals surface area contributed by atoms with Crippen molar-refractivity contribution in [2.45, 2.75) is 12.8 Å². The topological polar surface area (TPSA) is 58.1 Å². The summed E-state index contributed by atoms with van der Waals surface area (Å²) in [6.07, 6.45) is 3.10. The third-order valence-electron chi connectivity index (χ3n) is 1.74. The van der Waals surface area contributed by atoms with Crippen LogP contribution in [0.3, 0.4) is 0 Å². The molecule has 1 aromatic heterocycles. The number of aliphatic imine (C=N–C) groups is 1. The van der Waals surface area contributed by atoms with E-state index in [9.17, 15) is 4.79 Å². The Morgan fingerprint density at radius 1 is 1.64 bits per heavy atom. The summed E-state index contributed by atoms with van der Waals surface area (Å²) >= 11 is 0. The molecule has 56 valence electrons. The number of rotatable bonds is 0. The number of aromatic nitrogens is 2. The number of hydrogen-bond donors (Lipinski definition) is 1. The number of hydrogen-bond acceptors (Lipinski definition) is 3. The second-order valence-electron chi connectivity index (χ2n) is 2.54. The summed E-state index contributed by atoms with van der Waals surface area (Å²) in [4.78, 5) is 21.6. The van der Waals surface area contributed by atoms with Crippen LogP contribution in [0, 0.1) is 0 Å². The SMILES string of the molecule is CC1C=Nc2nc[nH]c(=O)c21. The molecule has 0 amide bonds. The number of nitrogens with one attached hydrogen (secondary N) is 1. The van der Waals surface area contributed by atoms with Crippen LogP contribution in [-0.4, -0.2) is 16.2 Å². The van der Waals surface area contributed by atoms with Crippen molar-refractivity contribution in [3.05, 3.63) is 22.2 Å². The van der Waals surface area contributed by atoms with Crippen LogP contribution in [0.15, 0.2) is 16.1 Å². The minimum atomic E-state index is -0.0833. The van der Waals surface area contributed by atoms with Gasteiger partial charge >= 0.3 is 0 Å². The van der Waals surface area contributed by atoms with Gasteiger partial charge in [0.2, 0.25) is 0 Å². The van der Waals surface area contributed by atoms with E-state index in [4.69, 9.17) is 0 Å². The largest absolute Gasteiger partial charge is 0.313 e. The van der Waals surface area contributed by atoms with E-state index in [0.717, 1.165) is 0 Å². The molecule has 1 unspecified atom stereocenters. The van der Waals surface area contributed by atoms with Gasteiger partial charge in [0.1, 0.15) is 0 Å². The number of aromatic amines is 1. The lowest BCUT2D eigenvalue weighted by Gasteiger charge is -1.97. The van der Waals surface area contributed by atoms with E-state index in [1.165, 1.54) is 6.33 Å². The molecule has 0 bridgehead atoms. The van der Waals surface area contributed by atoms with Crippen LogP contribution in [0.2, 0.25) is 0 Å². The molecule has 1 aliphatic heterocycles. The molecule has 0 aromatic carbocycles. The minimum absolute atomic E-state index is 0.0833.